The maximum atomic E-state index is 6.04. The van der Waals surface area contributed by atoms with Crippen molar-refractivity contribution in [1.29, 1.82) is 0 Å². The first-order chi connectivity index (χ1) is 9.78. The van der Waals surface area contributed by atoms with E-state index in [0.29, 0.717) is 17.5 Å². The topological polar surface area (TPSA) is 73.1 Å². The number of anilines is 3. The molecule has 0 aliphatic carbocycles. The number of nitrogen functional groups attached to an aromatic ring is 1. The van der Waals surface area contributed by atoms with Crippen LogP contribution >= 0.6 is 0 Å². The predicted molar refractivity (Wildman–Crippen MR) is 80.2 cm³/mol. The molecule has 0 fully saturated rings. The number of nitrogens with zero attached hydrogens (tertiary/aromatic N) is 2. The molecular weight excluding hydrogens is 252 g/mol. The zero-order chi connectivity index (χ0) is 13.9. The number of nitrogens with one attached hydrogen (secondary N) is 1. The van der Waals surface area contributed by atoms with E-state index < -0.39 is 0 Å². The van der Waals surface area contributed by atoms with Gasteiger partial charge in [0.05, 0.1) is 18.0 Å². The van der Waals surface area contributed by atoms with E-state index >= 15 is 0 Å². The van der Waals surface area contributed by atoms with Gasteiger partial charge in [0.25, 0.3) is 0 Å². The van der Waals surface area contributed by atoms with Crippen LogP contribution in [0.4, 0.5) is 17.2 Å². The van der Waals surface area contributed by atoms with E-state index in [-0.39, 0.29) is 0 Å². The molecule has 1 aromatic heterocycles. The Morgan fingerprint density at radius 3 is 2.55 bits per heavy atom. The van der Waals surface area contributed by atoms with E-state index in [1.807, 2.05) is 48.5 Å². The van der Waals surface area contributed by atoms with Crippen LogP contribution in [-0.4, -0.2) is 17.1 Å². The molecule has 1 heterocycles. The second-order valence-corrected chi connectivity index (χ2v) is 4.29. The van der Waals surface area contributed by atoms with Crippen LogP contribution in [-0.2, 0) is 0 Å². The largest absolute Gasteiger partial charge is 0.467 e. The van der Waals surface area contributed by atoms with Crippen LogP contribution in [0.1, 0.15) is 0 Å². The number of nitrogens with two attached hydrogens (primary N) is 1. The van der Waals surface area contributed by atoms with Crippen molar-refractivity contribution in [3.05, 3.63) is 48.5 Å². The number of aromatic nitrogens is 2. The molecule has 100 valence electrons. The minimum Gasteiger partial charge on any atom is -0.467 e. The lowest BCUT2D eigenvalue weighted by atomic mass is 10.2. The molecule has 0 bridgehead atoms. The number of benzene rings is 2. The van der Waals surface area contributed by atoms with Gasteiger partial charge >= 0.3 is 6.01 Å². The fourth-order valence-electron chi connectivity index (χ4n) is 2.03. The lowest BCUT2D eigenvalue weighted by molar-refractivity contribution is 0.382. The molecule has 0 radical (unpaired) electrons. The Hall–Kier alpha value is -2.82. The molecule has 5 heteroatoms. The van der Waals surface area contributed by atoms with E-state index in [2.05, 4.69) is 15.3 Å². The minimum atomic E-state index is 0.307. The summed E-state index contributed by atoms with van der Waals surface area (Å²) in [6, 6.07) is 15.6. The summed E-state index contributed by atoms with van der Waals surface area (Å²) in [4.78, 5) is 8.65. The molecule has 0 saturated heterocycles. The van der Waals surface area contributed by atoms with Gasteiger partial charge in [-0.05, 0) is 24.3 Å². The van der Waals surface area contributed by atoms with Gasteiger partial charge in [0.15, 0.2) is 0 Å². The lowest BCUT2D eigenvalue weighted by Gasteiger charge is -2.11. The number of hydrogen-bond acceptors (Lipinski definition) is 5. The highest BCUT2D eigenvalue weighted by Crippen LogP contribution is 2.30. The summed E-state index contributed by atoms with van der Waals surface area (Å²) in [5.41, 5.74) is 8.34. The van der Waals surface area contributed by atoms with Crippen molar-refractivity contribution in [1.82, 2.24) is 9.97 Å². The van der Waals surface area contributed by atoms with E-state index in [4.69, 9.17) is 10.5 Å². The molecule has 5 nitrogen and oxygen atoms in total. The minimum absolute atomic E-state index is 0.307. The summed E-state index contributed by atoms with van der Waals surface area (Å²) in [6.07, 6.45) is 0. The van der Waals surface area contributed by atoms with Crippen molar-refractivity contribution in [2.75, 3.05) is 18.2 Å². The SMILES string of the molecule is COc1nc(Nc2ccccc2)c2c(N)cccc2n1. The summed E-state index contributed by atoms with van der Waals surface area (Å²) in [7, 11) is 1.54. The average Bonchev–Trinajstić information content (AvgIpc) is 2.48. The molecule has 3 aromatic rings. The zero-order valence-corrected chi connectivity index (χ0v) is 11.0. The monoisotopic (exact) mass is 266 g/mol. The normalized spacial score (nSPS) is 10.4. The van der Waals surface area contributed by atoms with Gasteiger partial charge in [-0.3, -0.25) is 0 Å². The first kappa shape index (κ1) is 12.2. The number of para-hydroxylation sites is 1. The highest BCUT2D eigenvalue weighted by molar-refractivity contribution is 5.99. The van der Waals surface area contributed by atoms with Crippen molar-refractivity contribution in [2.45, 2.75) is 0 Å². The maximum Gasteiger partial charge on any atom is 0.318 e. The number of ether oxygens (including phenoxy) is 1. The Labute approximate surface area is 116 Å². The van der Waals surface area contributed by atoms with Gasteiger partial charge in [-0.25, -0.2) is 0 Å². The van der Waals surface area contributed by atoms with Crippen LogP contribution in [0.25, 0.3) is 10.9 Å². The molecule has 0 amide bonds. The van der Waals surface area contributed by atoms with Crippen molar-refractivity contribution in [2.24, 2.45) is 0 Å². The van der Waals surface area contributed by atoms with E-state index in [9.17, 15) is 0 Å². The summed E-state index contributed by atoms with van der Waals surface area (Å²) >= 11 is 0. The number of hydrogen-bond donors (Lipinski definition) is 2. The molecule has 0 spiro atoms. The molecule has 20 heavy (non-hydrogen) atoms. The molecule has 0 unspecified atom stereocenters. The quantitative estimate of drug-likeness (QED) is 0.713. The Morgan fingerprint density at radius 1 is 1.00 bits per heavy atom. The standard InChI is InChI=1S/C15H14N4O/c1-20-15-18-12-9-5-8-11(16)13(12)14(19-15)17-10-6-3-2-4-7-10/h2-9H,16H2,1H3,(H,17,18,19). The molecular formula is C15H14N4O. The summed E-state index contributed by atoms with van der Waals surface area (Å²) in [5.74, 6) is 0.635. The van der Waals surface area contributed by atoms with Crippen LogP contribution in [0.3, 0.4) is 0 Å². The average molecular weight is 266 g/mol. The second kappa shape index (κ2) is 5.05. The number of methoxy groups -OCH3 is 1. The van der Waals surface area contributed by atoms with Gasteiger partial charge in [-0.15, -0.1) is 0 Å². The highest BCUT2D eigenvalue weighted by Gasteiger charge is 2.10. The molecule has 0 aliphatic heterocycles. The van der Waals surface area contributed by atoms with Crippen LogP contribution in [0, 0.1) is 0 Å². The molecule has 2 aromatic carbocycles. The van der Waals surface area contributed by atoms with Crippen molar-refractivity contribution >= 4 is 28.1 Å². The third-order valence-corrected chi connectivity index (χ3v) is 2.95. The van der Waals surface area contributed by atoms with Crippen LogP contribution in [0.15, 0.2) is 48.5 Å². The summed E-state index contributed by atoms with van der Waals surface area (Å²) in [5, 5.41) is 4.04. The Bertz CT molecular complexity index is 743. The van der Waals surface area contributed by atoms with Crippen molar-refractivity contribution in [3.8, 4) is 6.01 Å². The number of rotatable bonds is 3. The third-order valence-electron chi connectivity index (χ3n) is 2.95. The maximum absolute atomic E-state index is 6.04. The van der Waals surface area contributed by atoms with Crippen molar-refractivity contribution < 1.29 is 4.74 Å². The second-order valence-electron chi connectivity index (χ2n) is 4.29. The first-order valence-corrected chi connectivity index (χ1v) is 6.20. The Morgan fingerprint density at radius 2 is 1.80 bits per heavy atom. The predicted octanol–water partition coefficient (Wildman–Crippen LogP) is 2.96. The Balaban J connectivity index is 2.17. The first-order valence-electron chi connectivity index (χ1n) is 6.20. The summed E-state index contributed by atoms with van der Waals surface area (Å²) < 4.78 is 5.14. The van der Waals surface area contributed by atoms with Crippen LogP contribution < -0.4 is 15.8 Å². The fraction of sp³-hybridized carbons (Fsp3) is 0.0667. The van der Waals surface area contributed by atoms with Crippen LogP contribution in [0.5, 0.6) is 6.01 Å². The van der Waals surface area contributed by atoms with Crippen molar-refractivity contribution in [3.63, 3.8) is 0 Å². The smallest absolute Gasteiger partial charge is 0.318 e. The van der Waals surface area contributed by atoms with E-state index in [1.54, 1.807) is 7.11 Å². The summed E-state index contributed by atoms with van der Waals surface area (Å²) in [6.45, 7) is 0. The van der Waals surface area contributed by atoms with Gasteiger partial charge in [-0.1, -0.05) is 24.3 Å². The fourth-order valence-corrected chi connectivity index (χ4v) is 2.03. The zero-order valence-electron chi connectivity index (χ0n) is 11.0. The van der Waals surface area contributed by atoms with Gasteiger partial charge in [0.2, 0.25) is 0 Å². The Kier molecular flexibility index (Phi) is 3.09. The molecule has 0 atom stereocenters. The van der Waals surface area contributed by atoms with E-state index in [0.717, 1.165) is 16.6 Å². The van der Waals surface area contributed by atoms with Gasteiger partial charge < -0.3 is 15.8 Å². The molecule has 3 rings (SSSR count). The van der Waals surface area contributed by atoms with Gasteiger partial charge in [0, 0.05) is 11.4 Å². The number of fused-ring (bicyclic) bond motifs is 1. The van der Waals surface area contributed by atoms with Crippen LogP contribution in [0.2, 0.25) is 0 Å². The molecule has 0 aliphatic rings. The molecule has 3 N–H and O–H groups in total. The van der Waals surface area contributed by atoms with Gasteiger partial charge in [0.1, 0.15) is 5.82 Å². The van der Waals surface area contributed by atoms with Gasteiger partial charge in [-0.2, -0.15) is 9.97 Å². The molecule has 0 saturated carbocycles. The van der Waals surface area contributed by atoms with E-state index in [1.165, 1.54) is 0 Å². The highest BCUT2D eigenvalue weighted by atomic mass is 16.5. The lowest BCUT2D eigenvalue weighted by Crippen LogP contribution is -2.01. The third kappa shape index (κ3) is 2.21.